The van der Waals surface area contributed by atoms with Gasteiger partial charge in [-0.3, -0.25) is 19.7 Å². The third kappa shape index (κ3) is 6.14. The minimum atomic E-state index is -0.472. The van der Waals surface area contributed by atoms with Gasteiger partial charge in [0.15, 0.2) is 0 Å². The molecule has 0 bridgehead atoms. The number of nitro benzene ring substituents is 1. The maximum atomic E-state index is 12.9. The molecule has 7 nitrogen and oxygen atoms in total. The number of hydrogen-bond acceptors (Lipinski definition) is 4. The highest BCUT2D eigenvalue weighted by atomic mass is 16.6. The summed E-state index contributed by atoms with van der Waals surface area (Å²) >= 11 is 0. The topological polar surface area (TPSA) is 101 Å². The van der Waals surface area contributed by atoms with Crippen molar-refractivity contribution in [2.24, 2.45) is 5.92 Å². The fraction of sp³-hybridized carbons (Fsp3) is 0.545. The van der Waals surface area contributed by atoms with E-state index in [0.717, 1.165) is 57.8 Å². The molecule has 1 aromatic rings. The Morgan fingerprint density at radius 1 is 1.00 bits per heavy atom. The van der Waals surface area contributed by atoms with Crippen LogP contribution in [0.25, 0.3) is 6.08 Å². The SMILES string of the molecule is O=C(NC1CCCCC1)/C(=C/c1cccc([N+](=O)[O-])c1)NC(=O)C1CCCCC1. The van der Waals surface area contributed by atoms with Crippen molar-refractivity contribution in [3.8, 4) is 0 Å². The van der Waals surface area contributed by atoms with Gasteiger partial charge < -0.3 is 10.6 Å². The van der Waals surface area contributed by atoms with Crippen LogP contribution in [-0.2, 0) is 9.59 Å². The average Bonchev–Trinajstić information content (AvgIpc) is 2.74. The van der Waals surface area contributed by atoms with Gasteiger partial charge in [0, 0.05) is 24.1 Å². The first-order chi connectivity index (χ1) is 14.0. The lowest BCUT2D eigenvalue weighted by molar-refractivity contribution is -0.384. The molecule has 0 heterocycles. The highest BCUT2D eigenvalue weighted by molar-refractivity contribution is 6.01. The van der Waals surface area contributed by atoms with E-state index in [1.165, 1.54) is 24.6 Å². The van der Waals surface area contributed by atoms with Gasteiger partial charge in [-0.05, 0) is 37.3 Å². The van der Waals surface area contributed by atoms with E-state index in [0.29, 0.717) is 5.56 Å². The molecule has 0 saturated heterocycles. The van der Waals surface area contributed by atoms with Crippen molar-refractivity contribution in [1.82, 2.24) is 10.6 Å². The molecule has 0 aromatic heterocycles. The number of nitrogens with one attached hydrogen (secondary N) is 2. The Morgan fingerprint density at radius 2 is 1.66 bits per heavy atom. The number of rotatable bonds is 6. The van der Waals surface area contributed by atoms with Crippen LogP contribution in [0.4, 0.5) is 5.69 Å². The van der Waals surface area contributed by atoms with Crippen molar-refractivity contribution in [3.63, 3.8) is 0 Å². The Hall–Kier alpha value is -2.70. The summed E-state index contributed by atoms with van der Waals surface area (Å²) in [5.41, 5.74) is 0.618. The first-order valence-electron chi connectivity index (χ1n) is 10.6. The summed E-state index contributed by atoms with van der Waals surface area (Å²) < 4.78 is 0. The molecule has 2 saturated carbocycles. The van der Waals surface area contributed by atoms with E-state index in [1.807, 2.05) is 0 Å². The van der Waals surface area contributed by atoms with Crippen molar-refractivity contribution < 1.29 is 14.5 Å². The molecule has 0 unspecified atom stereocenters. The summed E-state index contributed by atoms with van der Waals surface area (Å²) in [5, 5.41) is 16.9. The highest BCUT2D eigenvalue weighted by Crippen LogP contribution is 2.24. The number of nitrogens with zero attached hydrogens (tertiary/aromatic N) is 1. The van der Waals surface area contributed by atoms with Crippen molar-refractivity contribution in [3.05, 3.63) is 45.6 Å². The summed E-state index contributed by atoms with van der Waals surface area (Å²) in [4.78, 5) is 36.2. The van der Waals surface area contributed by atoms with Gasteiger partial charge >= 0.3 is 0 Å². The number of carbonyl (C=O) groups excluding carboxylic acids is 2. The largest absolute Gasteiger partial charge is 0.348 e. The minimum Gasteiger partial charge on any atom is -0.348 e. The standard InChI is InChI=1S/C22H29N3O4/c26-21(17-9-3-1-4-10-17)24-20(22(27)23-18-11-5-2-6-12-18)15-16-8-7-13-19(14-16)25(28)29/h7-8,13-15,17-18H,1-6,9-12H2,(H,23,27)(H,24,26)/b20-15-. The van der Waals surface area contributed by atoms with Crippen LogP contribution in [0.15, 0.2) is 30.0 Å². The quantitative estimate of drug-likeness (QED) is 0.427. The molecule has 0 atom stereocenters. The number of nitro groups is 1. The molecule has 0 aliphatic heterocycles. The Kier molecular flexibility index (Phi) is 7.38. The Bertz CT molecular complexity index is 778. The van der Waals surface area contributed by atoms with Crippen molar-refractivity contribution in [2.75, 3.05) is 0 Å². The van der Waals surface area contributed by atoms with Gasteiger partial charge in [-0.2, -0.15) is 0 Å². The van der Waals surface area contributed by atoms with Crippen LogP contribution in [0.3, 0.4) is 0 Å². The van der Waals surface area contributed by atoms with E-state index in [2.05, 4.69) is 10.6 Å². The molecular formula is C22H29N3O4. The number of non-ortho nitro benzene ring substituents is 1. The van der Waals surface area contributed by atoms with E-state index >= 15 is 0 Å². The molecular weight excluding hydrogens is 370 g/mol. The van der Waals surface area contributed by atoms with Crippen LogP contribution in [0.2, 0.25) is 0 Å². The second kappa shape index (κ2) is 10.2. The molecule has 156 valence electrons. The fourth-order valence-electron chi connectivity index (χ4n) is 4.16. The van der Waals surface area contributed by atoms with E-state index in [4.69, 9.17) is 0 Å². The van der Waals surface area contributed by atoms with Gasteiger partial charge in [-0.25, -0.2) is 0 Å². The van der Waals surface area contributed by atoms with Gasteiger partial charge in [-0.15, -0.1) is 0 Å². The summed E-state index contributed by atoms with van der Waals surface area (Å²) in [6.45, 7) is 0. The van der Waals surface area contributed by atoms with Gasteiger partial charge in [0.05, 0.1) is 4.92 Å². The molecule has 29 heavy (non-hydrogen) atoms. The average molecular weight is 399 g/mol. The molecule has 2 aliphatic rings. The minimum absolute atomic E-state index is 0.0515. The maximum absolute atomic E-state index is 12.9. The number of amides is 2. The van der Waals surface area contributed by atoms with E-state index in [-0.39, 0.29) is 35.2 Å². The van der Waals surface area contributed by atoms with Crippen LogP contribution in [0.1, 0.15) is 69.8 Å². The zero-order valence-corrected chi connectivity index (χ0v) is 16.7. The van der Waals surface area contributed by atoms with Gasteiger partial charge in [0.25, 0.3) is 11.6 Å². The third-order valence-corrected chi connectivity index (χ3v) is 5.81. The Labute approximate surface area is 171 Å². The summed E-state index contributed by atoms with van der Waals surface area (Å²) in [7, 11) is 0. The lowest BCUT2D eigenvalue weighted by Gasteiger charge is -2.25. The molecule has 2 aliphatic carbocycles. The fourth-order valence-corrected chi connectivity index (χ4v) is 4.16. The molecule has 2 fully saturated rings. The second-order valence-corrected chi connectivity index (χ2v) is 8.04. The summed E-state index contributed by atoms with van der Waals surface area (Å²) in [6, 6.07) is 6.17. The van der Waals surface area contributed by atoms with Crippen molar-refractivity contribution in [2.45, 2.75) is 70.3 Å². The van der Waals surface area contributed by atoms with Crippen LogP contribution >= 0.6 is 0 Å². The van der Waals surface area contributed by atoms with Crippen molar-refractivity contribution in [1.29, 1.82) is 0 Å². The van der Waals surface area contributed by atoms with Crippen LogP contribution in [0.5, 0.6) is 0 Å². The third-order valence-electron chi connectivity index (χ3n) is 5.81. The maximum Gasteiger partial charge on any atom is 0.270 e. The first-order valence-corrected chi connectivity index (χ1v) is 10.6. The van der Waals surface area contributed by atoms with Crippen LogP contribution < -0.4 is 10.6 Å². The number of benzene rings is 1. The molecule has 2 amide bonds. The smallest absolute Gasteiger partial charge is 0.270 e. The lowest BCUT2D eigenvalue weighted by Crippen LogP contribution is -2.42. The monoisotopic (exact) mass is 399 g/mol. The van der Waals surface area contributed by atoms with Crippen LogP contribution in [0, 0.1) is 16.0 Å². The number of carbonyl (C=O) groups is 2. The molecule has 7 heteroatoms. The predicted octanol–water partition coefficient (Wildman–Crippen LogP) is 4.08. The molecule has 1 aromatic carbocycles. The molecule has 2 N–H and O–H groups in total. The van der Waals surface area contributed by atoms with E-state index in [9.17, 15) is 19.7 Å². The summed E-state index contributed by atoms with van der Waals surface area (Å²) in [5.74, 6) is -0.549. The number of hydrogen-bond donors (Lipinski definition) is 2. The molecule has 3 rings (SSSR count). The second-order valence-electron chi connectivity index (χ2n) is 8.04. The molecule has 0 radical (unpaired) electrons. The Balaban J connectivity index is 1.79. The van der Waals surface area contributed by atoms with Gasteiger partial charge in [0.2, 0.25) is 5.91 Å². The Morgan fingerprint density at radius 3 is 2.31 bits per heavy atom. The van der Waals surface area contributed by atoms with Gasteiger partial charge in [-0.1, -0.05) is 50.7 Å². The predicted molar refractivity (Wildman–Crippen MR) is 111 cm³/mol. The zero-order valence-electron chi connectivity index (χ0n) is 16.7. The molecule has 0 spiro atoms. The normalized spacial score (nSPS) is 18.8. The summed E-state index contributed by atoms with van der Waals surface area (Å²) in [6.07, 6.45) is 11.6. The van der Waals surface area contributed by atoms with Crippen molar-refractivity contribution >= 4 is 23.6 Å². The highest BCUT2D eigenvalue weighted by Gasteiger charge is 2.25. The first kappa shape index (κ1) is 21.0. The van der Waals surface area contributed by atoms with Crippen LogP contribution in [-0.4, -0.2) is 22.8 Å². The lowest BCUT2D eigenvalue weighted by atomic mass is 9.88. The van der Waals surface area contributed by atoms with E-state index < -0.39 is 4.92 Å². The zero-order chi connectivity index (χ0) is 20.6. The van der Waals surface area contributed by atoms with Gasteiger partial charge in [0.1, 0.15) is 5.70 Å². The van der Waals surface area contributed by atoms with E-state index in [1.54, 1.807) is 12.1 Å².